The van der Waals surface area contributed by atoms with E-state index in [9.17, 15) is 0 Å². The average Bonchev–Trinajstić information content (AvgIpc) is 2.69. The molecule has 3 nitrogen and oxygen atoms in total. The molecule has 0 aliphatic carbocycles. The molecule has 18 heavy (non-hydrogen) atoms. The van der Waals surface area contributed by atoms with Crippen LogP contribution in [-0.4, -0.2) is 15.5 Å². The van der Waals surface area contributed by atoms with Gasteiger partial charge in [0.25, 0.3) is 0 Å². The van der Waals surface area contributed by atoms with Crippen molar-refractivity contribution in [3.05, 3.63) is 40.7 Å². The van der Waals surface area contributed by atoms with E-state index in [4.69, 9.17) is 17.3 Å². The van der Waals surface area contributed by atoms with Crippen LogP contribution >= 0.6 is 23.4 Å². The van der Waals surface area contributed by atoms with Gasteiger partial charge in [0.1, 0.15) is 0 Å². The molecule has 1 heterocycles. The second kappa shape index (κ2) is 5.78. The van der Waals surface area contributed by atoms with E-state index in [0.717, 1.165) is 22.7 Å². The molecule has 0 aliphatic heterocycles. The van der Waals surface area contributed by atoms with E-state index in [1.54, 1.807) is 16.4 Å². The number of hydrogen-bond donors (Lipinski definition) is 1. The summed E-state index contributed by atoms with van der Waals surface area (Å²) >= 11 is 7.85. The van der Waals surface area contributed by atoms with Crippen LogP contribution < -0.4 is 5.73 Å². The Morgan fingerprint density at radius 3 is 2.78 bits per heavy atom. The third-order valence-electron chi connectivity index (χ3n) is 2.70. The van der Waals surface area contributed by atoms with Gasteiger partial charge in [0.15, 0.2) is 0 Å². The molecular weight excluding hydrogens is 266 g/mol. The smallest absolute Gasteiger partial charge is 0.0819 e. The number of aromatic nitrogens is 2. The van der Waals surface area contributed by atoms with Gasteiger partial charge in [-0.25, -0.2) is 4.68 Å². The standard InChI is InChI=1S/C13H16ClN3S/c1-3-18-13-6-4-5-12(10(13)7-15)17-8-11(14)9(2)16-17/h4-6,8H,3,7,15H2,1-2H3. The van der Waals surface area contributed by atoms with Gasteiger partial charge in [-0.2, -0.15) is 5.10 Å². The van der Waals surface area contributed by atoms with E-state index in [0.29, 0.717) is 11.6 Å². The molecule has 0 saturated heterocycles. The summed E-state index contributed by atoms with van der Waals surface area (Å²) in [5.74, 6) is 1.02. The highest BCUT2D eigenvalue weighted by atomic mass is 35.5. The molecule has 0 saturated carbocycles. The van der Waals surface area contributed by atoms with E-state index in [2.05, 4.69) is 18.1 Å². The quantitative estimate of drug-likeness (QED) is 0.874. The summed E-state index contributed by atoms with van der Waals surface area (Å²) in [6.07, 6.45) is 1.83. The van der Waals surface area contributed by atoms with Crippen molar-refractivity contribution >= 4 is 23.4 Å². The van der Waals surface area contributed by atoms with Gasteiger partial charge in [-0.15, -0.1) is 11.8 Å². The lowest BCUT2D eigenvalue weighted by Crippen LogP contribution is -2.06. The Balaban J connectivity index is 2.53. The highest BCUT2D eigenvalue weighted by molar-refractivity contribution is 7.99. The Labute approximate surface area is 116 Å². The van der Waals surface area contributed by atoms with Crippen molar-refractivity contribution in [1.29, 1.82) is 0 Å². The van der Waals surface area contributed by atoms with Crippen LogP contribution in [-0.2, 0) is 6.54 Å². The highest BCUT2D eigenvalue weighted by Crippen LogP contribution is 2.28. The third-order valence-corrected chi connectivity index (χ3v) is 4.05. The predicted octanol–water partition coefficient (Wildman–Crippen LogP) is 3.40. The van der Waals surface area contributed by atoms with Gasteiger partial charge in [0.05, 0.1) is 16.4 Å². The van der Waals surface area contributed by atoms with Gasteiger partial charge in [0, 0.05) is 23.2 Å². The molecule has 1 aromatic heterocycles. The Morgan fingerprint density at radius 2 is 2.22 bits per heavy atom. The van der Waals surface area contributed by atoms with Gasteiger partial charge in [-0.05, 0) is 24.8 Å². The Bertz CT molecular complexity index is 532. The van der Waals surface area contributed by atoms with E-state index >= 15 is 0 Å². The number of aryl methyl sites for hydroxylation is 1. The lowest BCUT2D eigenvalue weighted by molar-refractivity contribution is 0.835. The number of benzene rings is 1. The Hall–Kier alpha value is -0.970. The molecule has 0 aliphatic rings. The van der Waals surface area contributed by atoms with Crippen molar-refractivity contribution in [1.82, 2.24) is 9.78 Å². The second-order valence-electron chi connectivity index (χ2n) is 3.90. The fourth-order valence-electron chi connectivity index (χ4n) is 1.83. The van der Waals surface area contributed by atoms with E-state index in [1.165, 1.54) is 4.90 Å². The zero-order valence-corrected chi connectivity index (χ0v) is 12.1. The maximum Gasteiger partial charge on any atom is 0.0819 e. The van der Waals surface area contributed by atoms with Crippen LogP contribution in [0.15, 0.2) is 29.3 Å². The van der Waals surface area contributed by atoms with Crippen LogP contribution in [0.2, 0.25) is 5.02 Å². The fourth-order valence-corrected chi connectivity index (χ4v) is 2.81. The molecule has 96 valence electrons. The lowest BCUT2D eigenvalue weighted by Gasteiger charge is -2.12. The van der Waals surface area contributed by atoms with Crippen LogP contribution in [0.4, 0.5) is 0 Å². The molecule has 0 bridgehead atoms. The van der Waals surface area contributed by atoms with Crippen molar-refractivity contribution in [3.8, 4) is 5.69 Å². The molecule has 0 amide bonds. The van der Waals surface area contributed by atoms with Gasteiger partial charge >= 0.3 is 0 Å². The molecule has 1 aromatic carbocycles. The minimum absolute atomic E-state index is 0.495. The van der Waals surface area contributed by atoms with Crippen LogP contribution in [0, 0.1) is 6.92 Å². The summed E-state index contributed by atoms with van der Waals surface area (Å²) in [6, 6.07) is 6.14. The first kappa shape index (κ1) is 13.5. The average molecular weight is 282 g/mol. The maximum atomic E-state index is 6.06. The minimum atomic E-state index is 0.495. The first-order valence-corrected chi connectivity index (χ1v) is 7.20. The maximum absolute atomic E-state index is 6.06. The van der Waals surface area contributed by atoms with Crippen molar-refractivity contribution in [2.45, 2.75) is 25.3 Å². The van der Waals surface area contributed by atoms with Crippen LogP contribution in [0.25, 0.3) is 5.69 Å². The molecule has 0 fully saturated rings. The number of halogens is 1. The van der Waals surface area contributed by atoms with Crippen LogP contribution in [0.3, 0.4) is 0 Å². The second-order valence-corrected chi connectivity index (χ2v) is 5.61. The monoisotopic (exact) mass is 281 g/mol. The summed E-state index contributed by atoms with van der Waals surface area (Å²) in [5, 5.41) is 5.08. The summed E-state index contributed by atoms with van der Waals surface area (Å²) in [5.41, 5.74) is 8.82. The molecule has 0 spiro atoms. The zero-order valence-electron chi connectivity index (χ0n) is 10.5. The van der Waals surface area contributed by atoms with E-state index in [1.807, 2.05) is 25.3 Å². The number of nitrogens with two attached hydrogens (primary N) is 1. The third kappa shape index (κ3) is 2.55. The summed E-state index contributed by atoms with van der Waals surface area (Å²) in [7, 11) is 0. The lowest BCUT2D eigenvalue weighted by atomic mass is 10.2. The fraction of sp³-hybridized carbons (Fsp3) is 0.308. The van der Waals surface area contributed by atoms with E-state index < -0.39 is 0 Å². The molecule has 2 N–H and O–H groups in total. The van der Waals surface area contributed by atoms with Crippen molar-refractivity contribution in [2.75, 3.05) is 5.75 Å². The van der Waals surface area contributed by atoms with Crippen LogP contribution in [0.5, 0.6) is 0 Å². The molecular formula is C13H16ClN3S. The van der Waals surface area contributed by atoms with E-state index in [-0.39, 0.29) is 0 Å². The largest absolute Gasteiger partial charge is 0.326 e. The normalized spacial score (nSPS) is 10.9. The zero-order chi connectivity index (χ0) is 13.1. The molecule has 2 rings (SSSR count). The highest BCUT2D eigenvalue weighted by Gasteiger charge is 2.11. The number of nitrogens with zero attached hydrogens (tertiary/aromatic N) is 2. The SMILES string of the molecule is CCSc1cccc(-n2cc(Cl)c(C)n2)c1CN. The first-order chi connectivity index (χ1) is 8.67. The molecule has 0 atom stereocenters. The molecule has 2 aromatic rings. The van der Waals surface area contributed by atoms with Crippen molar-refractivity contribution in [2.24, 2.45) is 5.73 Å². The topological polar surface area (TPSA) is 43.8 Å². The summed E-state index contributed by atoms with van der Waals surface area (Å²) in [6.45, 7) is 4.52. The summed E-state index contributed by atoms with van der Waals surface area (Å²) in [4.78, 5) is 1.21. The van der Waals surface area contributed by atoms with Gasteiger partial charge < -0.3 is 5.73 Å². The minimum Gasteiger partial charge on any atom is -0.326 e. The first-order valence-electron chi connectivity index (χ1n) is 5.84. The van der Waals surface area contributed by atoms with Crippen molar-refractivity contribution in [3.63, 3.8) is 0 Å². The van der Waals surface area contributed by atoms with Gasteiger partial charge in [-0.1, -0.05) is 24.6 Å². The number of thioether (sulfide) groups is 1. The number of rotatable bonds is 4. The molecule has 0 radical (unpaired) electrons. The Kier molecular flexibility index (Phi) is 4.32. The predicted molar refractivity (Wildman–Crippen MR) is 77.6 cm³/mol. The Morgan fingerprint density at radius 1 is 1.44 bits per heavy atom. The van der Waals surface area contributed by atoms with Gasteiger partial charge in [0.2, 0.25) is 0 Å². The van der Waals surface area contributed by atoms with Crippen LogP contribution in [0.1, 0.15) is 18.2 Å². The molecule has 5 heteroatoms. The van der Waals surface area contributed by atoms with Crippen molar-refractivity contribution < 1.29 is 0 Å². The van der Waals surface area contributed by atoms with Gasteiger partial charge in [-0.3, -0.25) is 0 Å². The number of hydrogen-bond acceptors (Lipinski definition) is 3. The summed E-state index contributed by atoms with van der Waals surface area (Å²) < 4.78 is 1.81. The molecule has 0 unspecified atom stereocenters.